The van der Waals surface area contributed by atoms with Gasteiger partial charge in [0.15, 0.2) is 0 Å². The molecule has 0 radical (unpaired) electrons. The molecule has 2 atom stereocenters. The number of anilines is 1. The van der Waals surface area contributed by atoms with Gasteiger partial charge in [0.1, 0.15) is 11.6 Å². The Kier molecular flexibility index (Phi) is 9.57. The molecule has 40 heavy (non-hydrogen) atoms. The fraction of sp³-hybridized carbons (Fsp3) is 0.371. The molecule has 0 aromatic heterocycles. The lowest BCUT2D eigenvalue weighted by atomic mass is 9.89. The molecule has 4 N–H and O–H groups in total. The van der Waals surface area contributed by atoms with Crippen molar-refractivity contribution in [3.63, 3.8) is 0 Å². The predicted octanol–water partition coefficient (Wildman–Crippen LogP) is 8.23. The van der Waals surface area contributed by atoms with Crippen LogP contribution in [0.4, 0.5) is 10.1 Å². The Morgan fingerprint density at radius 1 is 0.975 bits per heavy atom. The van der Waals surface area contributed by atoms with Crippen LogP contribution in [-0.2, 0) is 13.0 Å². The molecule has 3 aromatic rings. The third-order valence-electron chi connectivity index (χ3n) is 8.00. The number of phenols is 1. The first-order valence-electron chi connectivity index (χ1n) is 14.5. The van der Waals surface area contributed by atoms with E-state index in [2.05, 4.69) is 74.0 Å². The van der Waals surface area contributed by atoms with Gasteiger partial charge in [-0.2, -0.15) is 0 Å². The van der Waals surface area contributed by atoms with Gasteiger partial charge in [-0.1, -0.05) is 57.9 Å². The minimum Gasteiger partial charge on any atom is -0.508 e. The third kappa shape index (κ3) is 6.88. The van der Waals surface area contributed by atoms with Gasteiger partial charge in [0.05, 0.1) is 11.7 Å². The number of rotatable bonds is 11. The smallest absolute Gasteiger partial charge is 0.126 e. The molecule has 0 fully saturated rings. The lowest BCUT2D eigenvalue weighted by Crippen LogP contribution is -2.25. The SMILES string of the molecule is CCCc1cc(CNC2=CNC(c3ccc(F)c(C)c3)C(c3ccc(NCC(C)CC)c(C)c3)=C2)cc(O)c1C. The van der Waals surface area contributed by atoms with Crippen LogP contribution >= 0.6 is 0 Å². The normalized spacial score (nSPS) is 15.6. The molecule has 1 aliphatic rings. The second-order valence-corrected chi connectivity index (χ2v) is 11.2. The molecule has 212 valence electrons. The van der Waals surface area contributed by atoms with E-state index in [0.29, 0.717) is 23.8 Å². The van der Waals surface area contributed by atoms with Crippen LogP contribution in [0.3, 0.4) is 0 Å². The zero-order valence-electron chi connectivity index (χ0n) is 24.8. The van der Waals surface area contributed by atoms with Crippen molar-refractivity contribution < 1.29 is 9.50 Å². The average molecular weight is 542 g/mol. The molecule has 4 nitrogen and oxygen atoms in total. The summed E-state index contributed by atoms with van der Waals surface area (Å²) in [5, 5.41) is 21.2. The number of phenolic OH excluding ortho intramolecular Hbond substituents is 1. The number of nitrogens with one attached hydrogen (secondary N) is 3. The molecule has 0 amide bonds. The number of hydrogen-bond acceptors (Lipinski definition) is 4. The van der Waals surface area contributed by atoms with E-state index in [0.717, 1.165) is 65.0 Å². The highest BCUT2D eigenvalue weighted by Gasteiger charge is 2.22. The van der Waals surface area contributed by atoms with Gasteiger partial charge in [-0.15, -0.1) is 0 Å². The van der Waals surface area contributed by atoms with Crippen LogP contribution in [0.5, 0.6) is 5.75 Å². The molecule has 1 aliphatic heterocycles. The van der Waals surface area contributed by atoms with Crippen LogP contribution in [-0.4, -0.2) is 11.7 Å². The highest BCUT2D eigenvalue weighted by Crippen LogP contribution is 2.36. The maximum atomic E-state index is 14.1. The van der Waals surface area contributed by atoms with Gasteiger partial charge < -0.3 is 21.1 Å². The molecular weight excluding hydrogens is 497 g/mol. The fourth-order valence-corrected chi connectivity index (χ4v) is 5.16. The van der Waals surface area contributed by atoms with E-state index in [4.69, 9.17) is 0 Å². The van der Waals surface area contributed by atoms with Crippen molar-refractivity contribution in [2.24, 2.45) is 5.92 Å². The van der Waals surface area contributed by atoms with Crippen molar-refractivity contribution in [2.45, 2.75) is 73.4 Å². The van der Waals surface area contributed by atoms with Crippen LogP contribution in [0.15, 0.2) is 66.5 Å². The van der Waals surface area contributed by atoms with E-state index in [9.17, 15) is 9.50 Å². The van der Waals surface area contributed by atoms with Gasteiger partial charge in [0.2, 0.25) is 0 Å². The fourth-order valence-electron chi connectivity index (χ4n) is 5.16. The Labute approximate surface area is 239 Å². The molecule has 0 bridgehead atoms. The van der Waals surface area contributed by atoms with Gasteiger partial charge in [0, 0.05) is 25.0 Å². The maximum absolute atomic E-state index is 14.1. The lowest BCUT2D eigenvalue weighted by Gasteiger charge is -2.28. The number of benzene rings is 3. The first kappa shape index (κ1) is 29.3. The summed E-state index contributed by atoms with van der Waals surface area (Å²) < 4.78 is 14.1. The van der Waals surface area contributed by atoms with Crippen LogP contribution in [0, 0.1) is 32.5 Å². The van der Waals surface area contributed by atoms with Crippen molar-refractivity contribution in [3.05, 3.63) is 111 Å². The van der Waals surface area contributed by atoms with Crippen molar-refractivity contribution in [1.29, 1.82) is 0 Å². The summed E-state index contributed by atoms with van der Waals surface area (Å²) in [4.78, 5) is 0. The lowest BCUT2D eigenvalue weighted by molar-refractivity contribution is 0.469. The Balaban J connectivity index is 1.63. The molecule has 3 aromatic carbocycles. The van der Waals surface area contributed by atoms with Gasteiger partial charge in [-0.25, -0.2) is 4.39 Å². The Hall–Kier alpha value is -3.73. The van der Waals surface area contributed by atoms with E-state index in [1.807, 2.05) is 31.3 Å². The van der Waals surface area contributed by atoms with E-state index in [1.54, 1.807) is 13.0 Å². The quantitative estimate of drug-likeness (QED) is 0.198. The molecule has 0 spiro atoms. The second kappa shape index (κ2) is 13.1. The predicted molar refractivity (Wildman–Crippen MR) is 166 cm³/mol. The molecule has 4 rings (SSSR count). The number of aromatic hydroxyl groups is 1. The molecule has 2 unspecified atom stereocenters. The minimum atomic E-state index is -0.195. The molecule has 5 heteroatoms. The maximum Gasteiger partial charge on any atom is 0.126 e. The van der Waals surface area contributed by atoms with Crippen molar-refractivity contribution in [1.82, 2.24) is 10.6 Å². The Bertz CT molecular complexity index is 1410. The van der Waals surface area contributed by atoms with Gasteiger partial charge in [-0.3, -0.25) is 0 Å². The number of halogens is 1. The number of allylic oxidation sites excluding steroid dienone is 1. The molecule has 1 heterocycles. The summed E-state index contributed by atoms with van der Waals surface area (Å²) in [6.07, 6.45) is 7.30. The van der Waals surface area contributed by atoms with Crippen molar-refractivity contribution in [2.75, 3.05) is 11.9 Å². The molecule has 0 saturated carbocycles. The summed E-state index contributed by atoms with van der Waals surface area (Å²) in [6.45, 7) is 14.1. The largest absolute Gasteiger partial charge is 0.508 e. The Morgan fingerprint density at radius 2 is 1.77 bits per heavy atom. The molecule has 0 aliphatic carbocycles. The van der Waals surface area contributed by atoms with E-state index in [1.165, 1.54) is 11.1 Å². The molecule has 0 saturated heterocycles. The number of dihydropyridines is 1. The van der Waals surface area contributed by atoms with Gasteiger partial charge >= 0.3 is 0 Å². The highest BCUT2D eigenvalue weighted by atomic mass is 19.1. The third-order valence-corrected chi connectivity index (χ3v) is 8.00. The van der Waals surface area contributed by atoms with E-state index in [-0.39, 0.29) is 11.9 Å². The van der Waals surface area contributed by atoms with Crippen LogP contribution in [0.25, 0.3) is 5.57 Å². The summed E-state index contributed by atoms with van der Waals surface area (Å²) in [7, 11) is 0. The zero-order valence-corrected chi connectivity index (χ0v) is 24.8. The Morgan fingerprint density at radius 3 is 2.48 bits per heavy atom. The van der Waals surface area contributed by atoms with Crippen molar-refractivity contribution in [3.8, 4) is 5.75 Å². The summed E-state index contributed by atoms with van der Waals surface area (Å²) in [6, 6.07) is 15.8. The standard InChI is InChI=1S/C35H44FN3O/c1-7-9-27-16-26(17-34(40)25(27)6)20-37-30-18-31(35(39-21-30)29-10-12-32(36)23(4)14-29)28-11-13-33(24(5)15-28)38-19-22(3)8-2/h10-18,21-22,35,37-40H,7-9,19-20H2,1-6H3. The van der Waals surface area contributed by atoms with Crippen LogP contribution in [0.1, 0.15) is 78.6 Å². The average Bonchev–Trinajstić information content (AvgIpc) is 2.95. The van der Waals surface area contributed by atoms with Crippen molar-refractivity contribution >= 4 is 11.3 Å². The van der Waals surface area contributed by atoms with E-state index < -0.39 is 0 Å². The van der Waals surface area contributed by atoms with Gasteiger partial charge in [-0.05, 0) is 108 Å². The summed E-state index contributed by atoms with van der Waals surface area (Å²) in [5.41, 5.74) is 10.4. The first-order chi connectivity index (χ1) is 19.2. The number of aryl methyl sites for hydroxylation is 3. The molecular formula is C35H44FN3O. The minimum absolute atomic E-state index is 0.109. The van der Waals surface area contributed by atoms with Gasteiger partial charge in [0.25, 0.3) is 0 Å². The second-order valence-electron chi connectivity index (χ2n) is 11.2. The van der Waals surface area contributed by atoms with Crippen LogP contribution < -0.4 is 16.0 Å². The zero-order chi connectivity index (χ0) is 28.8. The topological polar surface area (TPSA) is 56.3 Å². The summed E-state index contributed by atoms with van der Waals surface area (Å²) >= 11 is 0. The number of hydrogen-bond donors (Lipinski definition) is 4. The monoisotopic (exact) mass is 541 g/mol. The summed E-state index contributed by atoms with van der Waals surface area (Å²) in [5.74, 6) is 0.765. The van der Waals surface area contributed by atoms with E-state index >= 15 is 0 Å². The highest BCUT2D eigenvalue weighted by molar-refractivity contribution is 5.76. The van der Waals surface area contributed by atoms with Crippen LogP contribution in [0.2, 0.25) is 0 Å². The first-order valence-corrected chi connectivity index (χ1v) is 14.5.